The van der Waals surface area contributed by atoms with Gasteiger partial charge in [0.25, 0.3) is 11.6 Å². The molecule has 0 aliphatic carbocycles. The second kappa shape index (κ2) is 6.31. The number of terminal acetylenes is 1. The molecule has 0 aliphatic heterocycles. The first-order valence-electron chi connectivity index (χ1n) is 6.60. The number of nitro groups is 1. The Labute approximate surface area is 143 Å². The van der Waals surface area contributed by atoms with E-state index in [9.17, 15) is 14.9 Å². The molecule has 8 nitrogen and oxygen atoms in total. The number of hydrogen-bond acceptors (Lipinski definition) is 7. The third-order valence-electron chi connectivity index (χ3n) is 3.17. The number of thiazole rings is 1. The predicted molar refractivity (Wildman–Crippen MR) is 89.8 cm³/mol. The third-order valence-corrected chi connectivity index (χ3v) is 5.03. The van der Waals surface area contributed by atoms with Gasteiger partial charge in [0.2, 0.25) is 0 Å². The summed E-state index contributed by atoms with van der Waals surface area (Å²) in [4.78, 5) is 27.6. The first kappa shape index (κ1) is 16.0. The first-order chi connectivity index (χ1) is 11.5. The number of benzene rings is 1. The molecule has 0 bridgehead atoms. The largest absolute Gasteiger partial charge is 0.305 e. The van der Waals surface area contributed by atoms with E-state index in [0.717, 1.165) is 11.5 Å². The fourth-order valence-electron chi connectivity index (χ4n) is 2.07. The number of carbonyl (C=O) groups is 1. The van der Waals surface area contributed by atoms with E-state index >= 15 is 0 Å². The molecule has 0 saturated heterocycles. The summed E-state index contributed by atoms with van der Waals surface area (Å²) in [5.74, 6) is 2.04. The van der Waals surface area contributed by atoms with Gasteiger partial charge in [0.1, 0.15) is 4.88 Å². The Balaban J connectivity index is 2.19. The Hall–Kier alpha value is -2.90. The second-order valence-corrected chi connectivity index (χ2v) is 6.45. The van der Waals surface area contributed by atoms with Crippen LogP contribution in [-0.4, -0.2) is 25.0 Å². The van der Waals surface area contributed by atoms with Crippen molar-refractivity contribution < 1.29 is 9.72 Å². The summed E-state index contributed by atoms with van der Waals surface area (Å²) in [7, 11) is 0. The summed E-state index contributed by atoms with van der Waals surface area (Å²) in [6.07, 6.45) is 5.39. The van der Waals surface area contributed by atoms with Crippen LogP contribution in [0.2, 0.25) is 0 Å². The topological polar surface area (TPSA) is 103 Å². The van der Waals surface area contributed by atoms with E-state index in [1.165, 1.54) is 23.5 Å². The lowest BCUT2D eigenvalue weighted by atomic mass is 10.3. The van der Waals surface area contributed by atoms with Crippen LogP contribution in [0.15, 0.2) is 23.2 Å². The Morgan fingerprint density at radius 3 is 2.96 bits per heavy atom. The van der Waals surface area contributed by atoms with Crippen LogP contribution in [-0.2, 0) is 6.54 Å². The SMILES string of the molecule is C#CCn1c(=NC(=O)c2snnc2C)sc2cc([N+](=O)[O-])ccc21. The number of aromatic nitrogens is 3. The molecule has 0 saturated carbocycles. The van der Waals surface area contributed by atoms with Crippen LogP contribution in [0.5, 0.6) is 0 Å². The lowest BCUT2D eigenvalue weighted by Gasteiger charge is -1.99. The van der Waals surface area contributed by atoms with Crippen LogP contribution >= 0.6 is 22.9 Å². The highest BCUT2D eigenvalue weighted by Gasteiger charge is 2.15. The maximum absolute atomic E-state index is 12.3. The van der Waals surface area contributed by atoms with Crippen LogP contribution in [0.3, 0.4) is 0 Å². The molecule has 0 fully saturated rings. The minimum absolute atomic E-state index is 0.0306. The Kier molecular flexibility index (Phi) is 4.20. The molecular weight excluding hydrogens is 350 g/mol. The maximum Gasteiger partial charge on any atom is 0.293 e. The molecule has 2 heterocycles. The van der Waals surface area contributed by atoms with Crippen LogP contribution in [0.1, 0.15) is 15.4 Å². The molecule has 0 N–H and O–H groups in total. The minimum atomic E-state index is -0.473. The van der Waals surface area contributed by atoms with Crippen LogP contribution in [0, 0.1) is 29.4 Å². The number of fused-ring (bicyclic) bond motifs is 1. The number of carbonyl (C=O) groups excluding carboxylic acids is 1. The molecule has 24 heavy (non-hydrogen) atoms. The van der Waals surface area contributed by atoms with E-state index in [4.69, 9.17) is 6.42 Å². The summed E-state index contributed by atoms with van der Waals surface area (Å²) < 4.78 is 6.02. The van der Waals surface area contributed by atoms with Gasteiger partial charge in [-0.3, -0.25) is 14.9 Å². The normalized spacial score (nSPS) is 11.6. The molecule has 120 valence electrons. The predicted octanol–water partition coefficient (Wildman–Crippen LogP) is 2.15. The number of nitro benzene ring substituents is 1. The molecule has 3 rings (SSSR count). The molecule has 1 amide bonds. The smallest absolute Gasteiger partial charge is 0.293 e. The van der Waals surface area contributed by atoms with Crippen molar-refractivity contribution in [1.29, 1.82) is 0 Å². The van der Waals surface area contributed by atoms with Crippen LogP contribution in [0.4, 0.5) is 5.69 Å². The van der Waals surface area contributed by atoms with Gasteiger partial charge in [0.15, 0.2) is 4.80 Å². The van der Waals surface area contributed by atoms with Gasteiger partial charge < -0.3 is 4.57 Å². The number of non-ortho nitro benzene ring substituents is 1. The minimum Gasteiger partial charge on any atom is -0.305 e. The van der Waals surface area contributed by atoms with E-state index in [-0.39, 0.29) is 12.2 Å². The summed E-state index contributed by atoms with van der Waals surface area (Å²) in [6, 6.07) is 4.44. The van der Waals surface area contributed by atoms with Gasteiger partial charge in [0, 0.05) is 12.1 Å². The van der Waals surface area contributed by atoms with E-state index in [0.29, 0.717) is 25.6 Å². The summed E-state index contributed by atoms with van der Waals surface area (Å²) >= 11 is 2.14. The van der Waals surface area contributed by atoms with Crippen molar-refractivity contribution in [2.75, 3.05) is 0 Å². The quantitative estimate of drug-likeness (QED) is 0.405. The molecule has 2 aromatic heterocycles. The highest BCUT2D eigenvalue weighted by molar-refractivity contribution is 7.16. The number of nitrogens with zero attached hydrogens (tertiary/aromatic N) is 5. The van der Waals surface area contributed by atoms with Crippen LogP contribution < -0.4 is 4.80 Å². The van der Waals surface area contributed by atoms with Crippen molar-refractivity contribution in [1.82, 2.24) is 14.2 Å². The second-order valence-electron chi connectivity index (χ2n) is 4.69. The molecule has 0 unspecified atom stereocenters. The highest BCUT2D eigenvalue weighted by Crippen LogP contribution is 2.23. The first-order valence-corrected chi connectivity index (χ1v) is 8.19. The maximum atomic E-state index is 12.3. The average molecular weight is 359 g/mol. The molecule has 0 aliphatic rings. The van der Waals surface area contributed by atoms with Gasteiger partial charge in [-0.2, -0.15) is 4.99 Å². The molecule has 0 radical (unpaired) electrons. The zero-order valence-corrected chi connectivity index (χ0v) is 13.9. The van der Waals surface area contributed by atoms with Crippen molar-refractivity contribution in [2.24, 2.45) is 4.99 Å². The van der Waals surface area contributed by atoms with Crippen LogP contribution in [0.25, 0.3) is 10.2 Å². The summed E-state index contributed by atoms with van der Waals surface area (Å²) in [6.45, 7) is 1.87. The molecule has 1 aromatic carbocycles. The molecule has 0 spiro atoms. The summed E-state index contributed by atoms with van der Waals surface area (Å²) in [5.41, 5.74) is 1.17. The molecular formula is C14H9N5O3S2. The monoisotopic (exact) mass is 359 g/mol. The van der Waals surface area contributed by atoms with E-state index < -0.39 is 10.8 Å². The molecule has 10 heteroatoms. The fraction of sp³-hybridized carbons (Fsp3) is 0.143. The van der Waals surface area contributed by atoms with Crippen molar-refractivity contribution >= 4 is 44.7 Å². The summed E-state index contributed by atoms with van der Waals surface area (Å²) in [5, 5.41) is 14.7. The number of hydrogen-bond donors (Lipinski definition) is 0. The Morgan fingerprint density at radius 2 is 2.33 bits per heavy atom. The van der Waals surface area contributed by atoms with Crippen molar-refractivity contribution in [3.05, 3.63) is 43.7 Å². The van der Waals surface area contributed by atoms with Gasteiger partial charge in [-0.05, 0) is 24.5 Å². The van der Waals surface area contributed by atoms with Gasteiger partial charge >= 0.3 is 0 Å². The van der Waals surface area contributed by atoms with Gasteiger partial charge in [-0.15, -0.1) is 11.5 Å². The number of aryl methyl sites for hydroxylation is 1. The standard InChI is InChI=1S/C14H9N5O3S2/c1-3-6-18-10-5-4-9(19(21)22)7-11(10)23-14(18)15-13(20)12-8(2)16-17-24-12/h1,4-5,7H,6H2,2H3. The van der Waals surface area contributed by atoms with Crippen molar-refractivity contribution in [2.45, 2.75) is 13.5 Å². The van der Waals surface area contributed by atoms with Crippen molar-refractivity contribution in [3.63, 3.8) is 0 Å². The zero-order chi connectivity index (χ0) is 17.3. The molecule has 0 atom stereocenters. The van der Waals surface area contributed by atoms with E-state index in [1.807, 2.05) is 0 Å². The number of rotatable bonds is 3. The van der Waals surface area contributed by atoms with E-state index in [2.05, 4.69) is 20.5 Å². The molecule has 3 aromatic rings. The number of amides is 1. The Bertz CT molecular complexity index is 1070. The van der Waals surface area contributed by atoms with E-state index in [1.54, 1.807) is 17.6 Å². The van der Waals surface area contributed by atoms with Gasteiger partial charge in [0.05, 0.1) is 27.4 Å². The zero-order valence-electron chi connectivity index (χ0n) is 12.3. The lowest BCUT2D eigenvalue weighted by molar-refractivity contribution is -0.384. The average Bonchev–Trinajstić information content (AvgIpc) is 3.11. The van der Waals surface area contributed by atoms with Gasteiger partial charge in [-0.1, -0.05) is 21.7 Å². The van der Waals surface area contributed by atoms with Crippen molar-refractivity contribution in [3.8, 4) is 12.3 Å². The fourth-order valence-corrected chi connectivity index (χ4v) is 3.67. The van der Waals surface area contributed by atoms with Gasteiger partial charge in [-0.25, -0.2) is 0 Å². The highest BCUT2D eigenvalue weighted by atomic mass is 32.1. The lowest BCUT2D eigenvalue weighted by Crippen LogP contribution is -2.16. The third kappa shape index (κ3) is 2.82. The Morgan fingerprint density at radius 1 is 1.54 bits per heavy atom.